The van der Waals surface area contributed by atoms with Crippen LogP contribution in [-0.4, -0.2) is 45.7 Å². The van der Waals surface area contributed by atoms with Gasteiger partial charge in [-0.05, 0) is 42.7 Å². The molecule has 0 saturated heterocycles. The van der Waals surface area contributed by atoms with Crippen LogP contribution in [0.4, 0.5) is 11.4 Å². The molecule has 8 heteroatoms. The first-order valence-electron chi connectivity index (χ1n) is 10.8. The van der Waals surface area contributed by atoms with Gasteiger partial charge in [0.2, 0.25) is 5.91 Å². The van der Waals surface area contributed by atoms with Crippen molar-refractivity contribution in [2.45, 2.75) is 39.7 Å². The lowest BCUT2D eigenvalue weighted by atomic mass is 10.0. The Bertz CT molecular complexity index is 1060. The van der Waals surface area contributed by atoms with E-state index in [9.17, 15) is 14.7 Å². The maximum Gasteiger partial charge on any atom is 0.255 e. The second-order valence-corrected chi connectivity index (χ2v) is 7.71. The summed E-state index contributed by atoms with van der Waals surface area (Å²) in [6.07, 6.45) is 6.88. The van der Waals surface area contributed by atoms with Crippen LogP contribution >= 0.6 is 0 Å². The highest BCUT2D eigenvalue weighted by atomic mass is 16.3. The second kappa shape index (κ2) is 10.7. The van der Waals surface area contributed by atoms with Crippen LogP contribution in [0, 0.1) is 0 Å². The summed E-state index contributed by atoms with van der Waals surface area (Å²) in [4.78, 5) is 36.1. The molecule has 4 N–H and O–H groups in total. The first kappa shape index (κ1) is 23.1. The van der Waals surface area contributed by atoms with Crippen LogP contribution < -0.4 is 11.1 Å². The molecule has 0 radical (unpaired) electrons. The van der Waals surface area contributed by atoms with E-state index in [4.69, 9.17) is 5.73 Å². The number of hydrogen-bond donors (Lipinski definition) is 3. The number of fused-ring (bicyclic) bond motifs is 1. The van der Waals surface area contributed by atoms with E-state index >= 15 is 0 Å². The number of benzene rings is 1. The van der Waals surface area contributed by atoms with Crippen LogP contribution in [-0.2, 0) is 11.4 Å². The van der Waals surface area contributed by atoms with Crippen molar-refractivity contribution in [1.29, 1.82) is 0 Å². The number of carbonyl (C=O) groups excluding carboxylic acids is 2. The van der Waals surface area contributed by atoms with Crippen LogP contribution in [0.15, 0.2) is 47.2 Å². The largest absolute Gasteiger partial charge is 0.392 e. The molecule has 0 atom stereocenters. The van der Waals surface area contributed by atoms with Crippen molar-refractivity contribution in [2.24, 2.45) is 10.7 Å². The summed E-state index contributed by atoms with van der Waals surface area (Å²) in [5.41, 5.74) is 9.47. The van der Waals surface area contributed by atoms with Gasteiger partial charge in [-0.1, -0.05) is 19.9 Å². The molecule has 1 aromatic heterocycles. The summed E-state index contributed by atoms with van der Waals surface area (Å²) in [6, 6.07) is 6.76. The average molecular weight is 436 g/mol. The van der Waals surface area contributed by atoms with Crippen molar-refractivity contribution in [2.75, 3.05) is 18.4 Å². The number of pyridine rings is 1. The zero-order valence-corrected chi connectivity index (χ0v) is 18.5. The van der Waals surface area contributed by atoms with Crippen LogP contribution in [0.25, 0.3) is 6.08 Å². The number of carbonyl (C=O) groups is 2. The topological polar surface area (TPSA) is 121 Å². The number of aliphatic hydroxyl groups is 1. The smallest absolute Gasteiger partial charge is 0.255 e. The van der Waals surface area contributed by atoms with Gasteiger partial charge < -0.3 is 21.1 Å². The summed E-state index contributed by atoms with van der Waals surface area (Å²) in [7, 11) is 0. The molecule has 0 unspecified atom stereocenters. The first-order valence-corrected chi connectivity index (χ1v) is 10.8. The third-order valence-corrected chi connectivity index (χ3v) is 5.04. The number of aliphatic imine (C=N–C) groups is 1. The maximum atomic E-state index is 13.1. The van der Waals surface area contributed by atoms with E-state index in [-0.39, 0.29) is 24.8 Å². The van der Waals surface area contributed by atoms with Crippen molar-refractivity contribution in [3.8, 4) is 0 Å². The second-order valence-electron chi connectivity index (χ2n) is 7.71. The molecule has 3 rings (SSSR count). The molecule has 2 aromatic rings. The lowest BCUT2D eigenvalue weighted by Gasteiger charge is -2.22. The van der Waals surface area contributed by atoms with Crippen molar-refractivity contribution in [3.63, 3.8) is 0 Å². The number of rotatable bonds is 8. The average Bonchev–Trinajstić information content (AvgIpc) is 2.95. The number of amidine groups is 1. The van der Waals surface area contributed by atoms with Crippen LogP contribution in [0.3, 0.4) is 0 Å². The summed E-state index contributed by atoms with van der Waals surface area (Å²) >= 11 is 0. The number of nitrogens with zero attached hydrogens (tertiary/aromatic N) is 3. The van der Waals surface area contributed by atoms with Gasteiger partial charge in [0, 0.05) is 42.4 Å². The highest BCUT2D eigenvalue weighted by molar-refractivity contribution is 6.07. The minimum absolute atomic E-state index is 0.0298. The molecule has 0 bridgehead atoms. The highest BCUT2D eigenvalue weighted by Gasteiger charge is 2.21. The van der Waals surface area contributed by atoms with E-state index in [2.05, 4.69) is 15.3 Å². The third kappa shape index (κ3) is 5.59. The first-order chi connectivity index (χ1) is 15.4. The van der Waals surface area contributed by atoms with E-state index < -0.39 is 0 Å². The van der Waals surface area contributed by atoms with Gasteiger partial charge in [-0.2, -0.15) is 0 Å². The van der Waals surface area contributed by atoms with Crippen LogP contribution in [0.5, 0.6) is 0 Å². The number of hydrogen-bond acceptors (Lipinski definition) is 6. The Morgan fingerprint density at radius 3 is 2.59 bits per heavy atom. The van der Waals surface area contributed by atoms with Crippen molar-refractivity contribution < 1.29 is 14.7 Å². The van der Waals surface area contributed by atoms with Crippen molar-refractivity contribution >= 4 is 35.1 Å². The molecule has 1 aliphatic rings. The Hall–Kier alpha value is -3.52. The number of aliphatic hydroxyl groups excluding tert-OH is 1. The molecule has 1 aliphatic heterocycles. The Morgan fingerprint density at radius 1 is 1.16 bits per heavy atom. The number of anilines is 1. The summed E-state index contributed by atoms with van der Waals surface area (Å²) in [5.74, 6) is -0.0356. The van der Waals surface area contributed by atoms with Gasteiger partial charge in [-0.15, -0.1) is 0 Å². The Kier molecular flexibility index (Phi) is 7.72. The van der Waals surface area contributed by atoms with Crippen LogP contribution in [0.2, 0.25) is 0 Å². The number of aromatic nitrogens is 1. The predicted molar refractivity (Wildman–Crippen MR) is 126 cm³/mol. The fourth-order valence-electron chi connectivity index (χ4n) is 3.57. The Balaban J connectivity index is 1.86. The quantitative estimate of drug-likeness (QED) is 0.588. The Morgan fingerprint density at radius 2 is 1.91 bits per heavy atom. The van der Waals surface area contributed by atoms with Gasteiger partial charge in [0.05, 0.1) is 24.2 Å². The fourth-order valence-corrected chi connectivity index (χ4v) is 3.57. The monoisotopic (exact) mass is 435 g/mol. The molecule has 0 aliphatic carbocycles. The molecule has 0 spiro atoms. The molecule has 0 saturated carbocycles. The lowest BCUT2D eigenvalue weighted by Crippen LogP contribution is -2.34. The number of amides is 2. The highest BCUT2D eigenvalue weighted by Crippen LogP contribution is 2.29. The standard InChI is InChI=1S/C24H29N5O3/c1-3-7-29(8-4-2)24(32)19-10-17-5-6-18(11-21(17)28-22(25)12-19)23(31)27-20-9-16(15-30)13-26-14-20/h5-6,9-11,13-14,30H,3-4,7-8,12,15H2,1-2H3,(H2,25,28)(H,27,31). The minimum Gasteiger partial charge on any atom is -0.392 e. The van der Waals surface area contributed by atoms with Gasteiger partial charge >= 0.3 is 0 Å². The van der Waals surface area contributed by atoms with E-state index in [1.165, 1.54) is 12.4 Å². The van der Waals surface area contributed by atoms with E-state index in [1.54, 1.807) is 24.3 Å². The van der Waals surface area contributed by atoms with E-state index in [0.29, 0.717) is 47.0 Å². The normalized spacial score (nSPS) is 12.8. The zero-order chi connectivity index (χ0) is 23.1. The molecular weight excluding hydrogens is 406 g/mol. The summed E-state index contributed by atoms with van der Waals surface area (Å²) < 4.78 is 0. The van der Waals surface area contributed by atoms with E-state index in [1.807, 2.05) is 24.8 Å². The van der Waals surface area contributed by atoms with Crippen LogP contribution in [0.1, 0.15) is 54.6 Å². The summed E-state index contributed by atoms with van der Waals surface area (Å²) in [5, 5.41) is 12.0. The fraction of sp³-hybridized carbons (Fsp3) is 0.333. The lowest BCUT2D eigenvalue weighted by molar-refractivity contribution is -0.127. The minimum atomic E-state index is -0.333. The molecule has 0 fully saturated rings. The molecule has 168 valence electrons. The number of nitrogens with two attached hydrogens (primary N) is 1. The van der Waals surface area contributed by atoms with Gasteiger partial charge in [-0.3, -0.25) is 14.6 Å². The molecular formula is C24H29N5O3. The maximum absolute atomic E-state index is 13.1. The Labute approximate surface area is 187 Å². The third-order valence-electron chi connectivity index (χ3n) is 5.04. The predicted octanol–water partition coefficient (Wildman–Crippen LogP) is 3.25. The van der Waals surface area contributed by atoms with E-state index in [0.717, 1.165) is 18.4 Å². The van der Waals surface area contributed by atoms with Gasteiger partial charge in [0.15, 0.2) is 0 Å². The molecule has 8 nitrogen and oxygen atoms in total. The van der Waals surface area contributed by atoms with Crippen molar-refractivity contribution in [3.05, 3.63) is 58.9 Å². The molecule has 32 heavy (non-hydrogen) atoms. The SMILES string of the molecule is CCCN(CCC)C(=O)C1=Cc2ccc(C(=O)Nc3cncc(CO)c3)cc2N=C(N)C1. The van der Waals surface area contributed by atoms with Gasteiger partial charge in [0.25, 0.3) is 5.91 Å². The molecule has 1 aromatic carbocycles. The molecule has 2 amide bonds. The number of nitrogens with one attached hydrogen (secondary N) is 1. The van der Waals surface area contributed by atoms with Gasteiger partial charge in [0.1, 0.15) is 5.84 Å². The molecule has 2 heterocycles. The zero-order valence-electron chi connectivity index (χ0n) is 18.5. The van der Waals surface area contributed by atoms with Gasteiger partial charge in [-0.25, -0.2) is 4.99 Å². The summed E-state index contributed by atoms with van der Waals surface area (Å²) in [6.45, 7) is 5.32. The van der Waals surface area contributed by atoms with Crippen molar-refractivity contribution in [1.82, 2.24) is 9.88 Å².